The highest BCUT2D eigenvalue weighted by molar-refractivity contribution is 9.10. The first kappa shape index (κ1) is 22.3. The zero-order valence-corrected chi connectivity index (χ0v) is 16.4. The van der Waals surface area contributed by atoms with E-state index in [9.17, 15) is 13.2 Å². The van der Waals surface area contributed by atoms with Crippen LogP contribution in [0.5, 0.6) is 0 Å². The predicted molar refractivity (Wildman–Crippen MR) is 97.3 cm³/mol. The summed E-state index contributed by atoms with van der Waals surface area (Å²) in [5.41, 5.74) is 0. The second-order valence-corrected chi connectivity index (χ2v) is 7.55. The van der Waals surface area contributed by atoms with E-state index in [0.29, 0.717) is 11.0 Å². The Kier molecular flexibility index (Phi) is 10.7. The van der Waals surface area contributed by atoms with Crippen LogP contribution in [0.25, 0.3) is 0 Å². The van der Waals surface area contributed by atoms with Crippen LogP contribution in [0, 0.1) is 0 Å². The minimum Gasteiger partial charge on any atom is -0.355 e. The molecule has 0 heterocycles. The van der Waals surface area contributed by atoms with Crippen LogP contribution in [0.1, 0.15) is 20.3 Å². The fourth-order valence-corrected chi connectivity index (χ4v) is 3.42. The van der Waals surface area contributed by atoms with Crippen LogP contribution >= 0.6 is 28.3 Å². The van der Waals surface area contributed by atoms with Crippen molar-refractivity contribution in [2.45, 2.75) is 31.2 Å². The molecule has 1 rings (SSSR count). The molecule has 0 unspecified atom stereocenters. The van der Waals surface area contributed by atoms with Crippen molar-refractivity contribution in [1.29, 1.82) is 0 Å². The molecular formula is C14H23BrClN3O3S. The van der Waals surface area contributed by atoms with Crippen molar-refractivity contribution in [3.63, 3.8) is 0 Å². The number of sulfonamides is 1. The number of nitrogens with one attached hydrogen (secondary N) is 3. The topological polar surface area (TPSA) is 87.3 Å². The average molecular weight is 429 g/mol. The summed E-state index contributed by atoms with van der Waals surface area (Å²) in [4.78, 5) is 11.8. The van der Waals surface area contributed by atoms with Gasteiger partial charge in [0.1, 0.15) is 0 Å². The molecule has 1 aromatic rings. The SMILES string of the molecule is CCN[C@H](C)CNC(=O)CCNS(=O)(=O)c1cccc(Br)c1.Cl. The number of likely N-dealkylation sites (N-methyl/N-ethyl adjacent to an activating group) is 1. The van der Waals surface area contributed by atoms with Gasteiger partial charge in [0.15, 0.2) is 0 Å². The van der Waals surface area contributed by atoms with Gasteiger partial charge in [0.2, 0.25) is 15.9 Å². The Balaban J connectivity index is 0.00000484. The first-order valence-electron chi connectivity index (χ1n) is 7.10. The van der Waals surface area contributed by atoms with Crippen molar-refractivity contribution in [1.82, 2.24) is 15.4 Å². The molecule has 3 N–H and O–H groups in total. The Labute approximate surface area is 152 Å². The zero-order chi connectivity index (χ0) is 16.6. The molecular weight excluding hydrogens is 406 g/mol. The number of hydrogen-bond donors (Lipinski definition) is 3. The molecule has 0 aliphatic heterocycles. The van der Waals surface area contributed by atoms with Gasteiger partial charge in [0.25, 0.3) is 0 Å². The predicted octanol–water partition coefficient (Wildman–Crippen LogP) is 1.65. The lowest BCUT2D eigenvalue weighted by atomic mass is 10.3. The third-order valence-electron chi connectivity index (χ3n) is 2.91. The Bertz CT molecular complexity index is 599. The quantitative estimate of drug-likeness (QED) is 0.558. The smallest absolute Gasteiger partial charge is 0.240 e. The van der Waals surface area contributed by atoms with Crippen LogP contribution in [0.15, 0.2) is 33.6 Å². The number of carbonyl (C=O) groups excluding carboxylic acids is 1. The fraction of sp³-hybridized carbons (Fsp3) is 0.500. The molecule has 1 aromatic carbocycles. The summed E-state index contributed by atoms with van der Waals surface area (Å²) in [5.74, 6) is -0.179. The molecule has 0 radical (unpaired) electrons. The normalized spacial score (nSPS) is 12.3. The Morgan fingerprint density at radius 1 is 1.35 bits per heavy atom. The Morgan fingerprint density at radius 2 is 2.04 bits per heavy atom. The fourth-order valence-electron chi connectivity index (χ4n) is 1.79. The van der Waals surface area contributed by atoms with Crippen molar-refractivity contribution in [2.24, 2.45) is 0 Å². The van der Waals surface area contributed by atoms with E-state index in [1.165, 1.54) is 12.1 Å². The summed E-state index contributed by atoms with van der Waals surface area (Å²) in [6, 6.07) is 6.60. The van der Waals surface area contributed by atoms with Gasteiger partial charge in [-0.2, -0.15) is 0 Å². The third kappa shape index (κ3) is 8.66. The van der Waals surface area contributed by atoms with E-state index in [4.69, 9.17) is 0 Å². The standard InChI is InChI=1S/C14H22BrN3O3S.ClH/c1-3-16-11(2)10-17-14(19)7-8-18-22(20,21)13-6-4-5-12(15)9-13;/h4-6,9,11,16,18H,3,7-8,10H2,1-2H3,(H,17,19);1H/t11-;/m1./s1. The number of benzene rings is 1. The molecule has 1 amide bonds. The monoisotopic (exact) mass is 427 g/mol. The number of carbonyl (C=O) groups is 1. The van der Waals surface area contributed by atoms with Crippen LogP contribution in [0.3, 0.4) is 0 Å². The molecule has 6 nitrogen and oxygen atoms in total. The van der Waals surface area contributed by atoms with Gasteiger partial charge in [-0.25, -0.2) is 13.1 Å². The molecule has 0 saturated carbocycles. The Hall–Kier alpha value is -0.670. The lowest BCUT2D eigenvalue weighted by molar-refractivity contribution is -0.121. The highest BCUT2D eigenvalue weighted by Crippen LogP contribution is 2.15. The number of amides is 1. The van der Waals surface area contributed by atoms with Crippen molar-refractivity contribution >= 4 is 44.3 Å². The van der Waals surface area contributed by atoms with E-state index >= 15 is 0 Å². The number of hydrogen-bond acceptors (Lipinski definition) is 4. The van der Waals surface area contributed by atoms with E-state index in [2.05, 4.69) is 31.3 Å². The molecule has 0 aliphatic carbocycles. The van der Waals surface area contributed by atoms with Crippen LogP contribution in [0.4, 0.5) is 0 Å². The van der Waals surface area contributed by atoms with Crippen LogP contribution in [0.2, 0.25) is 0 Å². The van der Waals surface area contributed by atoms with Crippen molar-refractivity contribution in [3.8, 4) is 0 Å². The van der Waals surface area contributed by atoms with Gasteiger partial charge in [-0.3, -0.25) is 4.79 Å². The lowest BCUT2D eigenvalue weighted by Crippen LogP contribution is -2.39. The van der Waals surface area contributed by atoms with E-state index in [1.807, 2.05) is 13.8 Å². The van der Waals surface area contributed by atoms with E-state index in [1.54, 1.807) is 12.1 Å². The van der Waals surface area contributed by atoms with Gasteiger partial charge in [0, 0.05) is 30.0 Å². The first-order valence-corrected chi connectivity index (χ1v) is 9.38. The number of halogens is 2. The summed E-state index contributed by atoms with van der Waals surface area (Å²) in [6.07, 6.45) is 0.103. The maximum atomic E-state index is 12.0. The zero-order valence-electron chi connectivity index (χ0n) is 13.1. The maximum absolute atomic E-state index is 12.0. The van der Waals surface area contributed by atoms with Crippen molar-refractivity contribution in [2.75, 3.05) is 19.6 Å². The highest BCUT2D eigenvalue weighted by Gasteiger charge is 2.14. The summed E-state index contributed by atoms with van der Waals surface area (Å²) in [6.45, 7) is 5.39. The first-order chi connectivity index (χ1) is 10.3. The number of rotatable bonds is 9. The van der Waals surface area contributed by atoms with Gasteiger partial charge in [-0.15, -0.1) is 12.4 Å². The summed E-state index contributed by atoms with van der Waals surface area (Å²) in [5, 5.41) is 5.94. The third-order valence-corrected chi connectivity index (χ3v) is 4.86. The van der Waals surface area contributed by atoms with E-state index in [0.717, 1.165) is 6.54 Å². The summed E-state index contributed by atoms with van der Waals surface area (Å²) < 4.78 is 27.2. The minimum absolute atomic E-state index is 0. The summed E-state index contributed by atoms with van der Waals surface area (Å²) in [7, 11) is -3.59. The molecule has 23 heavy (non-hydrogen) atoms. The van der Waals surface area contributed by atoms with Crippen LogP contribution in [-0.2, 0) is 14.8 Å². The lowest BCUT2D eigenvalue weighted by Gasteiger charge is -2.13. The molecule has 0 saturated heterocycles. The second-order valence-electron chi connectivity index (χ2n) is 4.87. The van der Waals surface area contributed by atoms with E-state index < -0.39 is 10.0 Å². The average Bonchev–Trinajstić information content (AvgIpc) is 2.45. The molecule has 9 heteroatoms. The molecule has 0 fully saturated rings. The molecule has 1 atom stereocenters. The maximum Gasteiger partial charge on any atom is 0.240 e. The van der Waals surface area contributed by atoms with E-state index in [-0.39, 0.29) is 42.2 Å². The van der Waals surface area contributed by atoms with Gasteiger partial charge in [-0.05, 0) is 31.7 Å². The minimum atomic E-state index is -3.59. The van der Waals surface area contributed by atoms with Gasteiger partial charge in [0.05, 0.1) is 4.90 Å². The van der Waals surface area contributed by atoms with Gasteiger partial charge in [-0.1, -0.05) is 28.9 Å². The highest BCUT2D eigenvalue weighted by atomic mass is 79.9. The Morgan fingerprint density at radius 3 is 2.65 bits per heavy atom. The molecule has 0 aliphatic rings. The van der Waals surface area contributed by atoms with Crippen LogP contribution in [-0.4, -0.2) is 40.0 Å². The van der Waals surface area contributed by atoms with Gasteiger partial charge < -0.3 is 10.6 Å². The molecule has 0 spiro atoms. The molecule has 0 bridgehead atoms. The van der Waals surface area contributed by atoms with Crippen molar-refractivity contribution in [3.05, 3.63) is 28.7 Å². The molecule has 0 aromatic heterocycles. The summed E-state index contributed by atoms with van der Waals surface area (Å²) >= 11 is 3.23. The molecule has 132 valence electrons. The van der Waals surface area contributed by atoms with Crippen molar-refractivity contribution < 1.29 is 13.2 Å². The second kappa shape index (κ2) is 11.0. The van der Waals surface area contributed by atoms with Gasteiger partial charge >= 0.3 is 0 Å². The largest absolute Gasteiger partial charge is 0.355 e. The van der Waals surface area contributed by atoms with Crippen LogP contribution < -0.4 is 15.4 Å².